The molecule has 2 aromatic rings. The minimum Gasteiger partial charge on any atom is -0.355 e. The molecule has 1 amide bonds. The first-order valence-electron chi connectivity index (χ1n) is 5.44. The van der Waals surface area contributed by atoms with Crippen LogP contribution in [0.4, 0.5) is 0 Å². The summed E-state index contributed by atoms with van der Waals surface area (Å²) < 4.78 is 0. The highest BCUT2D eigenvalue weighted by atomic mass is 16.1. The summed E-state index contributed by atoms with van der Waals surface area (Å²) in [6.45, 7) is 0.747. The van der Waals surface area contributed by atoms with E-state index in [2.05, 4.69) is 28.5 Å². The Morgan fingerprint density at radius 2 is 2.25 bits per heavy atom. The fourth-order valence-electron chi connectivity index (χ4n) is 2.18. The summed E-state index contributed by atoms with van der Waals surface area (Å²) in [5.74, 6) is 0.449. The second-order valence-corrected chi connectivity index (χ2v) is 4.16. The molecule has 1 aromatic carbocycles. The standard InChI is InChI=1S/C13H12N2O/c16-13-7-11(8-15-13)10-4-3-9-2-1-5-14-12(9)6-10/h1-6,11H,7-8H2,(H,15,16). The monoisotopic (exact) mass is 212 g/mol. The minimum atomic E-state index is 0.145. The highest BCUT2D eigenvalue weighted by Crippen LogP contribution is 2.25. The average molecular weight is 212 g/mol. The molecule has 3 heteroatoms. The van der Waals surface area contributed by atoms with Crippen LogP contribution in [0, 0.1) is 0 Å². The Bertz CT molecular complexity index is 550. The number of fused-ring (bicyclic) bond motifs is 1. The molecule has 0 bridgehead atoms. The number of hydrogen-bond acceptors (Lipinski definition) is 2. The summed E-state index contributed by atoms with van der Waals surface area (Å²) in [7, 11) is 0. The largest absolute Gasteiger partial charge is 0.355 e. The molecule has 0 spiro atoms. The maximum atomic E-state index is 11.2. The van der Waals surface area contributed by atoms with Crippen molar-refractivity contribution >= 4 is 16.8 Å². The quantitative estimate of drug-likeness (QED) is 0.783. The second-order valence-electron chi connectivity index (χ2n) is 4.16. The van der Waals surface area contributed by atoms with E-state index in [0.29, 0.717) is 12.3 Å². The number of carbonyl (C=O) groups is 1. The van der Waals surface area contributed by atoms with Crippen LogP contribution in [0.5, 0.6) is 0 Å². The van der Waals surface area contributed by atoms with E-state index in [-0.39, 0.29) is 5.91 Å². The number of rotatable bonds is 1. The fraction of sp³-hybridized carbons (Fsp3) is 0.231. The van der Waals surface area contributed by atoms with Gasteiger partial charge in [0.05, 0.1) is 5.52 Å². The van der Waals surface area contributed by atoms with Crippen molar-refractivity contribution in [1.29, 1.82) is 0 Å². The zero-order chi connectivity index (χ0) is 11.0. The molecule has 80 valence electrons. The minimum absolute atomic E-state index is 0.145. The molecule has 1 aliphatic heterocycles. The van der Waals surface area contributed by atoms with E-state index in [0.717, 1.165) is 17.4 Å². The van der Waals surface area contributed by atoms with Crippen LogP contribution in [0.1, 0.15) is 17.9 Å². The molecular formula is C13H12N2O. The van der Waals surface area contributed by atoms with Crippen molar-refractivity contribution in [2.45, 2.75) is 12.3 Å². The molecule has 1 atom stereocenters. The highest BCUT2D eigenvalue weighted by molar-refractivity contribution is 5.81. The Morgan fingerprint density at radius 3 is 3.06 bits per heavy atom. The van der Waals surface area contributed by atoms with Crippen molar-refractivity contribution in [2.75, 3.05) is 6.54 Å². The summed E-state index contributed by atoms with van der Waals surface area (Å²) in [6, 6.07) is 10.2. The van der Waals surface area contributed by atoms with E-state index < -0.39 is 0 Å². The molecule has 3 nitrogen and oxygen atoms in total. The second kappa shape index (κ2) is 3.59. The maximum absolute atomic E-state index is 11.2. The van der Waals surface area contributed by atoms with Crippen LogP contribution in [0.2, 0.25) is 0 Å². The molecule has 0 aliphatic carbocycles. The van der Waals surface area contributed by atoms with Crippen molar-refractivity contribution in [1.82, 2.24) is 10.3 Å². The molecule has 0 saturated carbocycles. The van der Waals surface area contributed by atoms with Crippen LogP contribution in [-0.2, 0) is 4.79 Å². The zero-order valence-corrected chi connectivity index (χ0v) is 8.81. The number of carbonyl (C=O) groups excluding carboxylic acids is 1. The molecule has 1 fully saturated rings. The molecule has 3 rings (SSSR count). The normalized spacial score (nSPS) is 20.0. The Labute approximate surface area is 93.5 Å². The van der Waals surface area contributed by atoms with Gasteiger partial charge in [0, 0.05) is 30.5 Å². The topological polar surface area (TPSA) is 42.0 Å². The third-order valence-electron chi connectivity index (χ3n) is 3.08. The highest BCUT2D eigenvalue weighted by Gasteiger charge is 2.22. The van der Waals surface area contributed by atoms with Crippen LogP contribution in [0.3, 0.4) is 0 Å². The third-order valence-corrected chi connectivity index (χ3v) is 3.08. The number of amides is 1. The van der Waals surface area contributed by atoms with Gasteiger partial charge < -0.3 is 5.32 Å². The number of nitrogens with zero attached hydrogens (tertiary/aromatic N) is 1. The van der Waals surface area contributed by atoms with E-state index in [1.165, 1.54) is 5.56 Å². The van der Waals surface area contributed by atoms with Crippen molar-refractivity contribution < 1.29 is 4.79 Å². The SMILES string of the molecule is O=C1CC(c2ccc3cccnc3c2)CN1. The predicted molar refractivity (Wildman–Crippen MR) is 62.1 cm³/mol. The first-order chi connectivity index (χ1) is 7.83. The molecule has 1 aliphatic rings. The summed E-state index contributed by atoms with van der Waals surface area (Å²) >= 11 is 0. The van der Waals surface area contributed by atoms with Crippen LogP contribution in [0.15, 0.2) is 36.5 Å². The molecule has 2 heterocycles. The van der Waals surface area contributed by atoms with Gasteiger partial charge in [-0.1, -0.05) is 18.2 Å². The van der Waals surface area contributed by atoms with E-state index in [1.54, 1.807) is 6.20 Å². The number of hydrogen-bond donors (Lipinski definition) is 1. The van der Waals surface area contributed by atoms with Crippen molar-refractivity contribution in [3.8, 4) is 0 Å². The van der Waals surface area contributed by atoms with Crippen LogP contribution in [-0.4, -0.2) is 17.4 Å². The molecular weight excluding hydrogens is 200 g/mol. The average Bonchev–Trinajstić information content (AvgIpc) is 2.75. The van der Waals surface area contributed by atoms with Gasteiger partial charge in [0.25, 0.3) is 0 Å². The van der Waals surface area contributed by atoms with Crippen molar-refractivity contribution in [2.24, 2.45) is 0 Å². The van der Waals surface area contributed by atoms with Gasteiger partial charge in [0.1, 0.15) is 0 Å². The summed E-state index contributed by atoms with van der Waals surface area (Å²) in [5, 5.41) is 4.00. The van der Waals surface area contributed by atoms with Gasteiger partial charge in [0.2, 0.25) is 5.91 Å². The number of nitrogens with one attached hydrogen (secondary N) is 1. The van der Waals surface area contributed by atoms with Gasteiger partial charge >= 0.3 is 0 Å². The van der Waals surface area contributed by atoms with E-state index >= 15 is 0 Å². The van der Waals surface area contributed by atoms with Gasteiger partial charge in [-0.25, -0.2) is 0 Å². The van der Waals surface area contributed by atoms with Crippen molar-refractivity contribution in [3.05, 3.63) is 42.1 Å². The van der Waals surface area contributed by atoms with E-state index in [1.807, 2.05) is 12.1 Å². The lowest BCUT2D eigenvalue weighted by atomic mass is 9.97. The Kier molecular flexibility index (Phi) is 2.10. The third kappa shape index (κ3) is 1.54. The number of benzene rings is 1. The number of aromatic nitrogens is 1. The lowest BCUT2D eigenvalue weighted by Gasteiger charge is -2.08. The van der Waals surface area contributed by atoms with Crippen LogP contribution < -0.4 is 5.32 Å². The van der Waals surface area contributed by atoms with Gasteiger partial charge in [-0.05, 0) is 17.7 Å². The van der Waals surface area contributed by atoms with Gasteiger partial charge in [0.15, 0.2) is 0 Å². The molecule has 16 heavy (non-hydrogen) atoms. The van der Waals surface area contributed by atoms with Gasteiger partial charge in [-0.15, -0.1) is 0 Å². The first kappa shape index (κ1) is 9.33. The maximum Gasteiger partial charge on any atom is 0.220 e. The zero-order valence-electron chi connectivity index (χ0n) is 8.81. The Morgan fingerprint density at radius 1 is 1.31 bits per heavy atom. The Balaban J connectivity index is 2.02. The summed E-state index contributed by atoms with van der Waals surface area (Å²) in [4.78, 5) is 15.5. The van der Waals surface area contributed by atoms with E-state index in [4.69, 9.17) is 0 Å². The van der Waals surface area contributed by atoms with Crippen molar-refractivity contribution in [3.63, 3.8) is 0 Å². The van der Waals surface area contributed by atoms with Crippen LogP contribution >= 0.6 is 0 Å². The number of pyridine rings is 1. The van der Waals surface area contributed by atoms with Gasteiger partial charge in [-0.3, -0.25) is 9.78 Å². The lowest BCUT2D eigenvalue weighted by molar-refractivity contribution is -0.119. The lowest BCUT2D eigenvalue weighted by Crippen LogP contribution is -2.13. The first-order valence-corrected chi connectivity index (χ1v) is 5.44. The Hall–Kier alpha value is -1.90. The fourth-order valence-corrected chi connectivity index (χ4v) is 2.18. The smallest absolute Gasteiger partial charge is 0.220 e. The van der Waals surface area contributed by atoms with Crippen LogP contribution in [0.25, 0.3) is 10.9 Å². The molecule has 1 saturated heterocycles. The molecule has 0 radical (unpaired) electrons. The predicted octanol–water partition coefficient (Wildman–Crippen LogP) is 1.84. The summed E-state index contributed by atoms with van der Waals surface area (Å²) in [5.41, 5.74) is 2.20. The van der Waals surface area contributed by atoms with Gasteiger partial charge in [-0.2, -0.15) is 0 Å². The molecule has 1 aromatic heterocycles. The van der Waals surface area contributed by atoms with E-state index in [9.17, 15) is 4.79 Å². The summed E-state index contributed by atoms with van der Waals surface area (Å²) in [6.07, 6.45) is 2.39. The molecule has 1 unspecified atom stereocenters. The molecule has 1 N–H and O–H groups in total.